The molecule has 4 nitrogen and oxygen atoms in total. The number of rotatable bonds is 7. The van der Waals surface area contributed by atoms with Gasteiger partial charge in [0.15, 0.2) is 0 Å². The quantitative estimate of drug-likeness (QED) is 0.506. The number of carbonyl (C=O) groups excluding carboxylic acids is 1. The van der Waals surface area contributed by atoms with Crippen LogP contribution in [0.2, 0.25) is 0 Å². The van der Waals surface area contributed by atoms with Gasteiger partial charge in [0.2, 0.25) is 5.60 Å². The Morgan fingerprint density at radius 3 is 2.28 bits per heavy atom. The number of nitrogens with one attached hydrogen (secondary N) is 1. The molecule has 3 aromatic rings. The monoisotopic (exact) mass is 465 g/mol. The van der Waals surface area contributed by atoms with Crippen molar-refractivity contribution in [2.45, 2.75) is 24.5 Å². The first-order chi connectivity index (χ1) is 15.6. The van der Waals surface area contributed by atoms with Crippen LogP contribution in [0.5, 0.6) is 0 Å². The third kappa shape index (κ3) is 4.08. The SMILES string of the molecule is O=C(N[C@H]1C[N+]2(CC=Cc3ccccc3)CCC1CC2)C(O)(c1cccs1)c1cccs1. The summed E-state index contributed by atoms with van der Waals surface area (Å²) in [5, 5.41) is 18.7. The molecule has 0 saturated carbocycles. The summed E-state index contributed by atoms with van der Waals surface area (Å²) in [7, 11) is 0. The minimum atomic E-state index is -1.62. The zero-order valence-electron chi connectivity index (χ0n) is 18.0. The molecule has 6 rings (SSSR count). The molecule has 6 heteroatoms. The van der Waals surface area contributed by atoms with E-state index in [1.54, 1.807) is 0 Å². The highest BCUT2D eigenvalue weighted by molar-refractivity contribution is 7.12. The van der Waals surface area contributed by atoms with Gasteiger partial charge < -0.3 is 14.9 Å². The highest BCUT2D eigenvalue weighted by Gasteiger charge is 2.49. The van der Waals surface area contributed by atoms with Gasteiger partial charge in [0.25, 0.3) is 5.91 Å². The van der Waals surface area contributed by atoms with Crippen molar-refractivity contribution < 1.29 is 14.4 Å². The fourth-order valence-corrected chi connectivity index (χ4v) is 7.00. The summed E-state index contributed by atoms with van der Waals surface area (Å²) in [6.45, 7) is 4.24. The van der Waals surface area contributed by atoms with E-state index in [9.17, 15) is 9.90 Å². The molecule has 3 fully saturated rings. The Morgan fingerprint density at radius 2 is 1.69 bits per heavy atom. The van der Waals surface area contributed by atoms with Crippen molar-refractivity contribution in [2.75, 3.05) is 26.2 Å². The number of piperidine rings is 3. The smallest absolute Gasteiger partial charge is 0.263 e. The molecule has 1 aromatic carbocycles. The molecule has 3 aliphatic heterocycles. The minimum absolute atomic E-state index is 0.0987. The summed E-state index contributed by atoms with van der Waals surface area (Å²) in [4.78, 5) is 14.9. The number of nitrogens with zero attached hydrogens (tertiary/aromatic N) is 1. The van der Waals surface area contributed by atoms with Gasteiger partial charge in [-0.2, -0.15) is 0 Å². The summed E-state index contributed by atoms with van der Waals surface area (Å²) in [6, 6.07) is 18.0. The minimum Gasteiger partial charge on any atom is -0.371 e. The molecule has 0 aliphatic carbocycles. The van der Waals surface area contributed by atoms with Gasteiger partial charge >= 0.3 is 0 Å². The lowest BCUT2D eigenvalue weighted by Gasteiger charge is -2.52. The average molecular weight is 466 g/mol. The first-order valence-corrected chi connectivity index (χ1v) is 13.0. The summed E-state index contributed by atoms with van der Waals surface area (Å²) >= 11 is 2.85. The van der Waals surface area contributed by atoms with Crippen LogP contribution in [-0.2, 0) is 10.4 Å². The summed E-state index contributed by atoms with van der Waals surface area (Å²) < 4.78 is 1.02. The predicted octanol–water partition coefficient (Wildman–Crippen LogP) is 4.48. The van der Waals surface area contributed by atoms with E-state index in [1.807, 2.05) is 41.1 Å². The van der Waals surface area contributed by atoms with E-state index in [1.165, 1.54) is 28.2 Å². The Kier molecular flexibility index (Phi) is 6.03. The van der Waals surface area contributed by atoms with Crippen molar-refractivity contribution in [3.63, 3.8) is 0 Å². The van der Waals surface area contributed by atoms with E-state index < -0.39 is 5.60 Å². The topological polar surface area (TPSA) is 49.3 Å². The Labute approximate surface area is 197 Å². The van der Waals surface area contributed by atoms with Crippen molar-refractivity contribution in [1.29, 1.82) is 0 Å². The zero-order valence-corrected chi connectivity index (χ0v) is 19.7. The third-order valence-corrected chi connectivity index (χ3v) is 9.06. The molecule has 5 heterocycles. The van der Waals surface area contributed by atoms with Crippen molar-refractivity contribution in [1.82, 2.24) is 5.32 Å². The molecule has 1 amide bonds. The molecule has 0 spiro atoms. The molecular formula is C26H29N2O2S2+. The molecule has 1 atom stereocenters. The molecule has 2 aromatic heterocycles. The van der Waals surface area contributed by atoms with E-state index in [0.717, 1.165) is 43.5 Å². The van der Waals surface area contributed by atoms with Crippen LogP contribution < -0.4 is 5.32 Å². The number of aliphatic hydroxyl groups is 1. The number of thiophene rings is 2. The lowest BCUT2D eigenvalue weighted by atomic mass is 9.81. The Bertz CT molecular complexity index is 1020. The van der Waals surface area contributed by atoms with Gasteiger partial charge in [-0.1, -0.05) is 48.5 Å². The number of hydrogen-bond acceptors (Lipinski definition) is 4. The van der Waals surface area contributed by atoms with Crippen LogP contribution >= 0.6 is 22.7 Å². The number of fused-ring (bicyclic) bond motifs is 3. The standard InChI is InChI=1S/C26H28N2O2S2/c29-25(26(30,23-10-5-17-31-23)24-11-6-18-32-24)27-22-19-28(15-12-21(22)13-16-28)14-4-9-20-7-2-1-3-8-20/h1-11,17-18,21-22,30H,12-16,19H2/p+1/t21?,22-,28?/m0/s1. The largest absolute Gasteiger partial charge is 0.371 e. The molecule has 0 unspecified atom stereocenters. The van der Waals surface area contributed by atoms with Crippen molar-refractivity contribution in [3.05, 3.63) is 86.8 Å². The van der Waals surface area contributed by atoms with Gasteiger partial charge in [0.05, 0.1) is 42.0 Å². The molecule has 0 radical (unpaired) electrons. The predicted molar refractivity (Wildman–Crippen MR) is 131 cm³/mol. The zero-order chi connectivity index (χ0) is 22.0. The van der Waals surface area contributed by atoms with Gasteiger partial charge in [-0.25, -0.2) is 0 Å². The van der Waals surface area contributed by atoms with E-state index >= 15 is 0 Å². The van der Waals surface area contributed by atoms with Gasteiger partial charge in [-0.05, 0) is 40.5 Å². The molecule has 166 valence electrons. The van der Waals surface area contributed by atoms with Gasteiger partial charge in [-0.15, -0.1) is 22.7 Å². The normalized spacial score (nSPS) is 25.3. The summed E-state index contributed by atoms with van der Waals surface area (Å²) in [5.41, 5.74) is -0.397. The molecule has 3 saturated heterocycles. The lowest BCUT2D eigenvalue weighted by Crippen LogP contribution is -2.68. The van der Waals surface area contributed by atoms with Crippen LogP contribution in [0.15, 0.2) is 71.4 Å². The van der Waals surface area contributed by atoms with E-state index in [0.29, 0.717) is 15.7 Å². The molecule has 2 N–H and O–H groups in total. The Morgan fingerprint density at radius 1 is 1.03 bits per heavy atom. The summed E-state index contributed by atoms with van der Waals surface area (Å²) in [5.74, 6) is 0.201. The highest BCUT2D eigenvalue weighted by Crippen LogP contribution is 2.38. The first-order valence-electron chi connectivity index (χ1n) is 11.3. The molecule has 2 bridgehead atoms. The van der Waals surface area contributed by atoms with E-state index in [2.05, 4.69) is 41.7 Å². The van der Waals surface area contributed by atoms with Crippen LogP contribution in [0, 0.1) is 5.92 Å². The van der Waals surface area contributed by atoms with Crippen LogP contribution in [0.1, 0.15) is 28.2 Å². The Hall–Kier alpha value is -2.25. The number of carbonyl (C=O) groups is 1. The fourth-order valence-electron chi connectivity index (χ4n) is 5.27. The average Bonchev–Trinajstić information content (AvgIpc) is 3.55. The van der Waals surface area contributed by atoms with Crippen LogP contribution in [0.25, 0.3) is 6.08 Å². The van der Waals surface area contributed by atoms with E-state index in [4.69, 9.17) is 0 Å². The van der Waals surface area contributed by atoms with Crippen molar-refractivity contribution >= 4 is 34.7 Å². The highest BCUT2D eigenvalue weighted by atomic mass is 32.1. The first kappa shape index (κ1) is 21.6. The van der Waals surface area contributed by atoms with Crippen molar-refractivity contribution in [2.24, 2.45) is 5.92 Å². The van der Waals surface area contributed by atoms with Crippen molar-refractivity contribution in [3.8, 4) is 0 Å². The van der Waals surface area contributed by atoms with Gasteiger partial charge in [0, 0.05) is 12.8 Å². The summed E-state index contributed by atoms with van der Waals surface area (Å²) in [6.07, 6.45) is 6.74. The Balaban J connectivity index is 1.32. The van der Waals surface area contributed by atoms with Crippen LogP contribution in [-0.4, -0.2) is 47.7 Å². The fraction of sp³-hybridized carbons (Fsp3) is 0.346. The van der Waals surface area contributed by atoms with Crippen LogP contribution in [0.4, 0.5) is 0 Å². The second-order valence-electron chi connectivity index (χ2n) is 9.05. The lowest BCUT2D eigenvalue weighted by molar-refractivity contribution is -0.938. The number of hydrogen-bond donors (Lipinski definition) is 2. The molecular weight excluding hydrogens is 436 g/mol. The maximum Gasteiger partial charge on any atom is 0.263 e. The maximum absolute atomic E-state index is 13.5. The number of amides is 1. The maximum atomic E-state index is 13.5. The van der Waals surface area contributed by atoms with Gasteiger partial charge in [0.1, 0.15) is 0 Å². The second kappa shape index (κ2) is 8.94. The van der Waals surface area contributed by atoms with Crippen LogP contribution in [0.3, 0.4) is 0 Å². The third-order valence-electron chi connectivity index (χ3n) is 7.10. The number of quaternary nitrogens is 1. The molecule has 32 heavy (non-hydrogen) atoms. The number of benzene rings is 1. The van der Waals surface area contributed by atoms with E-state index in [-0.39, 0.29) is 11.9 Å². The van der Waals surface area contributed by atoms with Gasteiger partial charge in [-0.3, -0.25) is 4.79 Å². The second-order valence-corrected chi connectivity index (χ2v) is 10.9. The molecule has 3 aliphatic rings.